The van der Waals surface area contributed by atoms with E-state index in [1.54, 1.807) is 0 Å². The number of halogens is 1. The molecule has 0 bridgehead atoms. The number of carbonyl (C=O) groups excluding carboxylic acids is 1. The van der Waals surface area contributed by atoms with E-state index < -0.39 is 0 Å². The van der Waals surface area contributed by atoms with Crippen LogP contribution in [0.25, 0.3) is 0 Å². The van der Waals surface area contributed by atoms with E-state index in [-0.39, 0.29) is 11.9 Å². The predicted octanol–water partition coefficient (Wildman–Crippen LogP) is 3.92. The summed E-state index contributed by atoms with van der Waals surface area (Å²) < 4.78 is 0. The Morgan fingerprint density at radius 2 is 2.04 bits per heavy atom. The van der Waals surface area contributed by atoms with Gasteiger partial charge in [-0.1, -0.05) is 41.9 Å². The first-order valence-corrected chi connectivity index (χ1v) is 8.28. The zero-order chi connectivity index (χ0) is 16.4. The molecule has 1 aliphatic heterocycles. The highest BCUT2D eigenvalue weighted by Crippen LogP contribution is 2.28. The second-order valence-electron chi connectivity index (χ2n) is 6.07. The number of anilines is 1. The molecule has 1 atom stereocenters. The van der Waals surface area contributed by atoms with Crippen LogP contribution >= 0.6 is 11.6 Å². The fourth-order valence-electron chi connectivity index (χ4n) is 3.05. The molecule has 1 amide bonds. The molecular weight excluding hydrogens is 308 g/mol. The normalized spacial score (nSPS) is 14.9. The van der Waals surface area contributed by atoms with Gasteiger partial charge in [-0.05, 0) is 49.7 Å². The molecule has 2 aromatic carbocycles. The Balaban J connectivity index is 1.68. The minimum absolute atomic E-state index is 0.135. The Morgan fingerprint density at radius 1 is 1.26 bits per heavy atom. The maximum absolute atomic E-state index is 12.7. The molecule has 0 fully saturated rings. The second-order valence-corrected chi connectivity index (χ2v) is 6.51. The quantitative estimate of drug-likeness (QED) is 0.849. The Bertz CT molecular complexity index is 716. The second kappa shape index (κ2) is 6.73. The van der Waals surface area contributed by atoms with Crippen molar-refractivity contribution in [3.05, 3.63) is 64.7 Å². The van der Waals surface area contributed by atoms with Crippen molar-refractivity contribution in [1.29, 1.82) is 0 Å². The number of carbonyl (C=O) groups is 1. The van der Waals surface area contributed by atoms with Crippen LogP contribution in [0.1, 0.15) is 24.1 Å². The molecule has 0 spiro atoms. The standard InChI is InChI=1S/C19H21ClN2O/c1-14(16-7-5-8-17(20)12-16)21(2)13-19(23)22-11-10-15-6-3-4-9-18(15)22/h3-9,12,14H,10-11,13H2,1-2H3/t14-/m1/s1. The lowest BCUT2D eigenvalue weighted by atomic mass is 10.1. The van der Waals surface area contributed by atoms with Crippen LogP contribution in [0, 0.1) is 0 Å². The molecule has 0 saturated carbocycles. The predicted molar refractivity (Wildman–Crippen MR) is 95.0 cm³/mol. The molecule has 0 aromatic heterocycles. The smallest absolute Gasteiger partial charge is 0.241 e. The lowest BCUT2D eigenvalue weighted by Crippen LogP contribution is -2.39. The first-order valence-electron chi connectivity index (χ1n) is 7.90. The number of amides is 1. The number of hydrogen-bond donors (Lipinski definition) is 0. The molecule has 1 aliphatic rings. The first kappa shape index (κ1) is 16.0. The third-order valence-corrected chi connectivity index (χ3v) is 4.80. The maximum atomic E-state index is 12.7. The molecule has 0 aliphatic carbocycles. The number of benzene rings is 2. The van der Waals surface area contributed by atoms with Gasteiger partial charge in [0.05, 0.1) is 6.54 Å². The molecule has 120 valence electrons. The number of likely N-dealkylation sites (N-methyl/N-ethyl adjacent to an activating group) is 1. The summed E-state index contributed by atoms with van der Waals surface area (Å²) in [4.78, 5) is 16.6. The minimum Gasteiger partial charge on any atom is -0.311 e. The fourth-order valence-corrected chi connectivity index (χ4v) is 3.25. The van der Waals surface area contributed by atoms with E-state index in [2.05, 4.69) is 17.9 Å². The van der Waals surface area contributed by atoms with Gasteiger partial charge in [0, 0.05) is 23.3 Å². The van der Waals surface area contributed by atoms with E-state index in [9.17, 15) is 4.79 Å². The zero-order valence-corrected chi connectivity index (χ0v) is 14.3. The van der Waals surface area contributed by atoms with Crippen molar-refractivity contribution in [1.82, 2.24) is 4.90 Å². The molecule has 3 nitrogen and oxygen atoms in total. The monoisotopic (exact) mass is 328 g/mol. The van der Waals surface area contributed by atoms with E-state index in [0.29, 0.717) is 6.54 Å². The van der Waals surface area contributed by atoms with E-state index in [1.165, 1.54) is 5.56 Å². The highest BCUT2D eigenvalue weighted by Gasteiger charge is 2.26. The Labute approximate surface area is 142 Å². The highest BCUT2D eigenvalue weighted by atomic mass is 35.5. The summed E-state index contributed by atoms with van der Waals surface area (Å²) in [6.45, 7) is 3.26. The van der Waals surface area contributed by atoms with Crippen molar-refractivity contribution in [3.63, 3.8) is 0 Å². The van der Waals surface area contributed by atoms with Crippen molar-refractivity contribution in [2.24, 2.45) is 0 Å². The van der Waals surface area contributed by atoms with Crippen molar-refractivity contribution >= 4 is 23.2 Å². The molecule has 0 saturated heterocycles. The first-order chi connectivity index (χ1) is 11.1. The maximum Gasteiger partial charge on any atom is 0.241 e. The van der Waals surface area contributed by atoms with Gasteiger partial charge in [0.2, 0.25) is 5.91 Å². The van der Waals surface area contributed by atoms with Crippen LogP contribution in [-0.2, 0) is 11.2 Å². The molecule has 23 heavy (non-hydrogen) atoms. The Hall–Kier alpha value is -1.84. The topological polar surface area (TPSA) is 23.6 Å². The van der Waals surface area contributed by atoms with Crippen LogP contribution < -0.4 is 4.90 Å². The van der Waals surface area contributed by atoms with Crippen LogP contribution in [0.5, 0.6) is 0 Å². The SMILES string of the molecule is C[C@H](c1cccc(Cl)c1)N(C)CC(=O)N1CCc2ccccc21. The van der Waals surface area contributed by atoms with Gasteiger partial charge in [-0.15, -0.1) is 0 Å². The van der Waals surface area contributed by atoms with Crippen molar-refractivity contribution < 1.29 is 4.79 Å². The van der Waals surface area contributed by atoms with Gasteiger partial charge in [-0.2, -0.15) is 0 Å². The Morgan fingerprint density at radius 3 is 2.83 bits per heavy atom. The van der Waals surface area contributed by atoms with Gasteiger partial charge < -0.3 is 4.90 Å². The van der Waals surface area contributed by atoms with Crippen LogP contribution in [-0.4, -0.2) is 30.9 Å². The summed E-state index contributed by atoms with van der Waals surface area (Å²) in [7, 11) is 1.98. The third kappa shape index (κ3) is 3.41. The molecule has 0 radical (unpaired) electrons. The van der Waals surface area contributed by atoms with Gasteiger partial charge in [0.15, 0.2) is 0 Å². The Kier molecular flexibility index (Phi) is 4.69. The van der Waals surface area contributed by atoms with E-state index >= 15 is 0 Å². The summed E-state index contributed by atoms with van der Waals surface area (Å²) in [5.41, 5.74) is 3.43. The molecular formula is C19H21ClN2O. The summed E-state index contributed by atoms with van der Waals surface area (Å²) in [5.74, 6) is 0.145. The fraction of sp³-hybridized carbons (Fsp3) is 0.316. The number of para-hydroxylation sites is 1. The lowest BCUT2D eigenvalue weighted by molar-refractivity contribution is -0.119. The average molecular weight is 329 g/mol. The summed E-state index contributed by atoms with van der Waals surface area (Å²) in [5, 5.41) is 0.725. The number of hydrogen-bond acceptors (Lipinski definition) is 2. The van der Waals surface area contributed by atoms with Crippen molar-refractivity contribution in [3.8, 4) is 0 Å². The molecule has 0 N–H and O–H groups in total. The average Bonchev–Trinajstić information content (AvgIpc) is 2.98. The van der Waals surface area contributed by atoms with E-state index in [1.807, 2.05) is 54.4 Å². The summed E-state index contributed by atoms with van der Waals surface area (Å²) in [6, 6.07) is 16.1. The third-order valence-electron chi connectivity index (χ3n) is 4.57. The van der Waals surface area contributed by atoms with Gasteiger partial charge >= 0.3 is 0 Å². The van der Waals surface area contributed by atoms with Crippen molar-refractivity contribution in [2.45, 2.75) is 19.4 Å². The molecule has 3 rings (SSSR count). The molecule has 4 heteroatoms. The lowest BCUT2D eigenvalue weighted by Gasteiger charge is -2.27. The van der Waals surface area contributed by atoms with Gasteiger partial charge in [-0.25, -0.2) is 0 Å². The van der Waals surface area contributed by atoms with Crippen LogP contribution in [0.3, 0.4) is 0 Å². The summed E-state index contributed by atoms with van der Waals surface area (Å²) >= 11 is 6.07. The largest absolute Gasteiger partial charge is 0.311 e. The van der Waals surface area contributed by atoms with Gasteiger partial charge in [0.1, 0.15) is 0 Å². The molecule has 2 aromatic rings. The van der Waals surface area contributed by atoms with E-state index in [4.69, 9.17) is 11.6 Å². The number of rotatable bonds is 4. The highest BCUT2D eigenvalue weighted by molar-refractivity contribution is 6.30. The van der Waals surface area contributed by atoms with Gasteiger partial charge in [-0.3, -0.25) is 9.69 Å². The minimum atomic E-state index is 0.135. The van der Waals surface area contributed by atoms with Crippen LogP contribution in [0.2, 0.25) is 5.02 Å². The zero-order valence-electron chi connectivity index (χ0n) is 13.5. The number of nitrogens with zero attached hydrogens (tertiary/aromatic N) is 2. The molecule has 1 heterocycles. The van der Waals surface area contributed by atoms with Gasteiger partial charge in [0.25, 0.3) is 0 Å². The van der Waals surface area contributed by atoms with Crippen LogP contribution in [0.15, 0.2) is 48.5 Å². The molecule has 0 unspecified atom stereocenters. The number of fused-ring (bicyclic) bond motifs is 1. The van der Waals surface area contributed by atoms with Crippen molar-refractivity contribution in [2.75, 3.05) is 25.0 Å². The van der Waals surface area contributed by atoms with Crippen LogP contribution in [0.4, 0.5) is 5.69 Å². The summed E-state index contributed by atoms with van der Waals surface area (Å²) in [6.07, 6.45) is 0.940. The van der Waals surface area contributed by atoms with E-state index in [0.717, 1.165) is 29.2 Å².